The number of rotatable bonds is 7. The molecule has 8 heteroatoms. The first-order chi connectivity index (χ1) is 15.5. The van der Waals surface area contributed by atoms with Crippen molar-refractivity contribution in [3.63, 3.8) is 0 Å². The molecule has 34 heavy (non-hydrogen) atoms. The maximum atomic E-state index is 13.8. The van der Waals surface area contributed by atoms with E-state index < -0.39 is 41.1 Å². The average Bonchev–Trinajstić information content (AvgIpc) is 2.65. The van der Waals surface area contributed by atoms with Gasteiger partial charge in [-0.3, -0.25) is 9.59 Å². The third kappa shape index (κ3) is 8.36. The Hall–Kier alpha value is -3.08. The quantitative estimate of drug-likeness (QED) is 0.579. The van der Waals surface area contributed by atoms with Crippen LogP contribution in [0.1, 0.15) is 78.1 Å². The highest BCUT2D eigenvalue weighted by Crippen LogP contribution is 2.28. The predicted octanol–water partition coefficient (Wildman–Crippen LogP) is 4.16. The zero-order valence-corrected chi connectivity index (χ0v) is 22.2. The highest BCUT2D eigenvalue weighted by Gasteiger charge is 2.39. The second-order valence-electron chi connectivity index (χ2n) is 10.9. The summed E-state index contributed by atoms with van der Waals surface area (Å²) in [6.45, 7) is 17.8. The van der Waals surface area contributed by atoms with Gasteiger partial charge in [-0.15, -0.1) is 0 Å². The molecule has 1 rings (SSSR count). The van der Waals surface area contributed by atoms with E-state index in [0.717, 1.165) is 11.1 Å². The minimum absolute atomic E-state index is 0.314. The lowest BCUT2D eigenvalue weighted by Gasteiger charge is -2.36. The van der Waals surface area contributed by atoms with Crippen molar-refractivity contribution in [2.75, 3.05) is 6.54 Å². The Bertz CT molecular complexity index is 936. The summed E-state index contributed by atoms with van der Waals surface area (Å²) in [4.78, 5) is 41.0. The SMILES string of the molecule is Cc1cccc(C(C(=O)NC(C)(C)C)N(CC#N)C(=O)C(NC(=O)OC(C)(C)C)C(C)C)c1C. The lowest BCUT2D eigenvalue weighted by atomic mass is 9.93. The van der Waals surface area contributed by atoms with Crippen LogP contribution >= 0.6 is 0 Å². The van der Waals surface area contributed by atoms with Crippen molar-refractivity contribution in [1.82, 2.24) is 15.5 Å². The zero-order chi connectivity index (χ0) is 26.4. The van der Waals surface area contributed by atoms with Crippen LogP contribution in [0.2, 0.25) is 0 Å². The van der Waals surface area contributed by atoms with E-state index in [-0.39, 0.29) is 12.5 Å². The van der Waals surface area contributed by atoms with E-state index >= 15 is 0 Å². The van der Waals surface area contributed by atoms with Crippen molar-refractivity contribution >= 4 is 17.9 Å². The molecule has 0 aromatic heterocycles. The molecular formula is C26H40N4O4. The van der Waals surface area contributed by atoms with Crippen LogP contribution in [-0.4, -0.2) is 46.5 Å². The summed E-state index contributed by atoms with van der Waals surface area (Å²) >= 11 is 0. The molecule has 8 nitrogen and oxygen atoms in total. The van der Waals surface area contributed by atoms with Crippen LogP contribution in [0.4, 0.5) is 4.79 Å². The summed E-state index contributed by atoms with van der Waals surface area (Å²) in [5.74, 6) is -1.24. The van der Waals surface area contributed by atoms with Gasteiger partial charge in [0.05, 0.1) is 6.07 Å². The summed E-state index contributed by atoms with van der Waals surface area (Å²) in [6, 6.07) is 5.52. The number of amides is 3. The van der Waals surface area contributed by atoms with Gasteiger partial charge in [0, 0.05) is 5.54 Å². The molecule has 0 bridgehead atoms. The number of nitriles is 1. The van der Waals surface area contributed by atoms with E-state index in [1.807, 2.05) is 52.8 Å². The van der Waals surface area contributed by atoms with Crippen molar-refractivity contribution < 1.29 is 19.1 Å². The van der Waals surface area contributed by atoms with E-state index in [0.29, 0.717) is 5.56 Å². The summed E-state index contributed by atoms with van der Waals surface area (Å²) < 4.78 is 5.34. The molecule has 0 aliphatic heterocycles. The third-order valence-corrected chi connectivity index (χ3v) is 5.13. The Labute approximate surface area is 204 Å². The number of alkyl carbamates (subject to hydrolysis) is 1. The van der Waals surface area contributed by atoms with Gasteiger partial charge in [0.25, 0.3) is 0 Å². The molecule has 0 saturated carbocycles. The van der Waals surface area contributed by atoms with Gasteiger partial charge in [-0.1, -0.05) is 32.0 Å². The topological polar surface area (TPSA) is 112 Å². The molecule has 0 fully saturated rings. The highest BCUT2D eigenvalue weighted by molar-refractivity contribution is 5.93. The fraction of sp³-hybridized carbons (Fsp3) is 0.615. The van der Waals surface area contributed by atoms with Crippen molar-refractivity contribution in [3.05, 3.63) is 34.9 Å². The second-order valence-corrected chi connectivity index (χ2v) is 10.9. The van der Waals surface area contributed by atoms with Crippen LogP contribution < -0.4 is 10.6 Å². The predicted molar refractivity (Wildman–Crippen MR) is 132 cm³/mol. The molecule has 1 aromatic carbocycles. The largest absolute Gasteiger partial charge is 0.444 e. The Morgan fingerprint density at radius 1 is 1.09 bits per heavy atom. The molecule has 2 atom stereocenters. The molecule has 0 saturated heterocycles. The lowest BCUT2D eigenvalue weighted by molar-refractivity contribution is -0.143. The summed E-state index contributed by atoms with van der Waals surface area (Å²) in [5, 5.41) is 15.2. The number of benzene rings is 1. The van der Waals surface area contributed by atoms with Crippen LogP contribution in [0.25, 0.3) is 0 Å². The molecule has 0 aliphatic rings. The van der Waals surface area contributed by atoms with Crippen molar-refractivity contribution in [2.24, 2.45) is 5.92 Å². The third-order valence-electron chi connectivity index (χ3n) is 5.13. The van der Waals surface area contributed by atoms with Gasteiger partial charge in [-0.25, -0.2) is 4.79 Å². The molecule has 1 aromatic rings. The van der Waals surface area contributed by atoms with E-state index in [1.54, 1.807) is 40.7 Å². The minimum atomic E-state index is -1.05. The smallest absolute Gasteiger partial charge is 0.408 e. The van der Waals surface area contributed by atoms with Crippen LogP contribution in [-0.2, 0) is 14.3 Å². The molecule has 0 spiro atoms. The monoisotopic (exact) mass is 472 g/mol. The standard InChI is InChI=1S/C26H40N4O4/c1-16(2)20(28-24(33)34-26(8,9)10)23(32)30(15-14-27)21(22(31)29-25(5,6)7)19-13-11-12-17(3)18(19)4/h11-13,16,20-21H,15H2,1-10H3,(H,28,33)(H,29,31). The number of nitrogens with one attached hydrogen (secondary N) is 2. The maximum absolute atomic E-state index is 13.8. The fourth-order valence-corrected chi connectivity index (χ4v) is 3.46. The van der Waals surface area contributed by atoms with Gasteiger partial charge >= 0.3 is 6.09 Å². The Morgan fingerprint density at radius 3 is 2.15 bits per heavy atom. The average molecular weight is 473 g/mol. The summed E-state index contributed by atoms with van der Waals surface area (Å²) in [7, 11) is 0. The highest BCUT2D eigenvalue weighted by atomic mass is 16.6. The van der Waals surface area contributed by atoms with Gasteiger partial charge in [0.15, 0.2) is 0 Å². The van der Waals surface area contributed by atoms with Crippen molar-refractivity contribution in [1.29, 1.82) is 5.26 Å². The van der Waals surface area contributed by atoms with E-state index in [4.69, 9.17) is 4.74 Å². The zero-order valence-electron chi connectivity index (χ0n) is 22.2. The normalized spacial score (nSPS) is 13.5. The molecule has 0 aliphatic carbocycles. The maximum Gasteiger partial charge on any atom is 0.408 e. The first-order valence-electron chi connectivity index (χ1n) is 11.5. The number of nitrogens with zero attached hydrogens (tertiary/aromatic N) is 2. The number of carbonyl (C=O) groups is 3. The Morgan fingerprint density at radius 2 is 1.68 bits per heavy atom. The van der Waals surface area contributed by atoms with Crippen LogP contribution in [0.3, 0.4) is 0 Å². The molecule has 0 radical (unpaired) electrons. The Balaban J connectivity index is 3.55. The summed E-state index contributed by atoms with van der Waals surface area (Å²) in [6.07, 6.45) is -0.737. The fourth-order valence-electron chi connectivity index (χ4n) is 3.46. The molecule has 0 heterocycles. The van der Waals surface area contributed by atoms with E-state index in [9.17, 15) is 19.6 Å². The molecule has 188 valence electrons. The van der Waals surface area contributed by atoms with Gasteiger partial charge in [-0.2, -0.15) is 5.26 Å². The minimum Gasteiger partial charge on any atom is -0.444 e. The summed E-state index contributed by atoms with van der Waals surface area (Å²) in [5.41, 5.74) is 1.15. The number of aryl methyl sites for hydroxylation is 1. The Kier molecular flexibility index (Phi) is 9.68. The van der Waals surface area contributed by atoms with Gasteiger partial charge in [-0.05, 0) is 78.0 Å². The van der Waals surface area contributed by atoms with Crippen LogP contribution in [0.5, 0.6) is 0 Å². The number of carbonyl (C=O) groups excluding carboxylic acids is 3. The molecular weight excluding hydrogens is 432 g/mol. The first-order valence-corrected chi connectivity index (χ1v) is 11.5. The van der Waals surface area contributed by atoms with Crippen LogP contribution in [0, 0.1) is 31.1 Å². The second kappa shape index (κ2) is 11.4. The van der Waals surface area contributed by atoms with Crippen molar-refractivity contribution in [2.45, 2.75) is 92.5 Å². The molecule has 2 N–H and O–H groups in total. The number of ether oxygens (including phenoxy) is 1. The van der Waals surface area contributed by atoms with Gasteiger partial charge in [0.2, 0.25) is 11.8 Å². The first kappa shape index (κ1) is 29.0. The van der Waals surface area contributed by atoms with Crippen LogP contribution in [0.15, 0.2) is 18.2 Å². The number of hydrogen-bond donors (Lipinski definition) is 2. The van der Waals surface area contributed by atoms with Gasteiger partial charge < -0.3 is 20.3 Å². The lowest BCUT2D eigenvalue weighted by Crippen LogP contribution is -2.56. The molecule has 3 amide bonds. The van der Waals surface area contributed by atoms with Gasteiger partial charge in [0.1, 0.15) is 24.2 Å². The molecule has 2 unspecified atom stereocenters. The van der Waals surface area contributed by atoms with E-state index in [2.05, 4.69) is 10.6 Å². The number of hydrogen-bond acceptors (Lipinski definition) is 5. The van der Waals surface area contributed by atoms with E-state index in [1.165, 1.54) is 4.90 Å². The van der Waals surface area contributed by atoms with Crippen molar-refractivity contribution in [3.8, 4) is 6.07 Å².